The second-order valence-corrected chi connectivity index (χ2v) is 5.15. The molecule has 2 aromatic rings. The van der Waals surface area contributed by atoms with Gasteiger partial charge in [-0.05, 0) is 12.8 Å². The monoisotopic (exact) mass is 304 g/mol. The first kappa shape index (κ1) is 14.7. The van der Waals surface area contributed by atoms with E-state index in [0.717, 1.165) is 25.3 Å². The van der Waals surface area contributed by atoms with Crippen LogP contribution in [-0.2, 0) is 4.74 Å². The Balaban J connectivity index is 1.62. The van der Waals surface area contributed by atoms with E-state index in [1.807, 2.05) is 0 Å². The van der Waals surface area contributed by atoms with Gasteiger partial charge in [0, 0.05) is 31.5 Å². The lowest BCUT2D eigenvalue weighted by atomic mass is 10.0. The fourth-order valence-electron chi connectivity index (χ4n) is 2.48. The van der Waals surface area contributed by atoms with E-state index in [9.17, 15) is 0 Å². The van der Waals surface area contributed by atoms with E-state index in [-0.39, 0.29) is 6.10 Å². The number of hydrogen-bond acceptors (Lipinski definition) is 7. The lowest BCUT2D eigenvalue weighted by Gasteiger charge is -2.17. The summed E-state index contributed by atoms with van der Waals surface area (Å²) in [4.78, 5) is 12.7. The maximum Gasteiger partial charge on any atom is 0.257 e. The molecule has 8 nitrogen and oxygen atoms in total. The third-order valence-corrected chi connectivity index (χ3v) is 3.56. The molecule has 3 rings (SSSR count). The fourth-order valence-corrected chi connectivity index (χ4v) is 2.48. The predicted octanol–water partition coefficient (Wildman–Crippen LogP) is 1.57. The van der Waals surface area contributed by atoms with E-state index >= 15 is 0 Å². The largest absolute Gasteiger partial charge is 0.475 e. The Hall–Kier alpha value is -2.22. The van der Waals surface area contributed by atoms with Crippen molar-refractivity contribution in [3.8, 4) is 5.88 Å². The van der Waals surface area contributed by atoms with Crippen LogP contribution in [0.25, 0.3) is 0 Å². The van der Waals surface area contributed by atoms with Gasteiger partial charge in [-0.1, -0.05) is 6.92 Å². The van der Waals surface area contributed by atoms with Crippen molar-refractivity contribution in [1.82, 2.24) is 25.1 Å². The highest BCUT2D eigenvalue weighted by Gasteiger charge is 2.31. The minimum atomic E-state index is -0.0633. The molecule has 2 aromatic heterocycles. The molecule has 0 unspecified atom stereocenters. The molecule has 8 heteroatoms. The maximum absolute atomic E-state index is 5.75. The van der Waals surface area contributed by atoms with Gasteiger partial charge in [0.15, 0.2) is 11.6 Å². The summed E-state index contributed by atoms with van der Waals surface area (Å²) in [6.07, 6.45) is 6.61. The first-order chi connectivity index (χ1) is 10.9. The van der Waals surface area contributed by atoms with Crippen LogP contribution in [0.2, 0.25) is 0 Å². The molecule has 3 heterocycles. The fraction of sp³-hybridized carbons (Fsp3) is 0.571. The topological polar surface area (TPSA) is 97.8 Å². The second kappa shape index (κ2) is 7.17. The van der Waals surface area contributed by atoms with Crippen LogP contribution in [0.4, 0.5) is 5.82 Å². The zero-order valence-corrected chi connectivity index (χ0v) is 12.5. The molecule has 22 heavy (non-hydrogen) atoms. The van der Waals surface area contributed by atoms with Crippen molar-refractivity contribution in [1.29, 1.82) is 0 Å². The van der Waals surface area contributed by atoms with Crippen LogP contribution in [-0.4, -0.2) is 44.9 Å². The van der Waals surface area contributed by atoms with Gasteiger partial charge in [-0.3, -0.25) is 5.10 Å². The average Bonchev–Trinajstić information content (AvgIpc) is 3.22. The van der Waals surface area contributed by atoms with Gasteiger partial charge in [0.25, 0.3) is 5.88 Å². The Morgan fingerprint density at radius 3 is 3.09 bits per heavy atom. The molecular formula is C14H20N6O2. The van der Waals surface area contributed by atoms with E-state index in [4.69, 9.17) is 9.47 Å². The van der Waals surface area contributed by atoms with Crippen LogP contribution in [0.1, 0.15) is 31.7 Å². The van der Waals surface area contributed by atoms with E-state index in [1.165, 1.54) is 6.33 Å². The number of hydrogen-bond donors (Lipinski definition) is 2. The Kier molecular flexibility index (Phi) is 4.79. The summed E-state index contributed by atoms with van der Waals surface area (Å²) in [5, 5.41) is 10.1. The van der Waals surface area contributed by atoms with Crippen molar-refractivity contribution in [3.05, 3.63) is 24.5 Å². The number of nitrogens with zero attached hydrogens (tertiary/aromatic N) is 4. The SMILES string of the molecule is CCCOc1nccnc1NC[C@@H]1CCO[C@@H]1c1ncn[nH]1. The Morgan fingerprint density at radius 2 is 2.27 bits per heavy atom. The number of rotatable bonds is 7. The van der Waals surface area contributed by atoms with Crippen LogP contribution < -0.4 is 10.1 Å². The number of aromatic amines is 1. The summed E-state index contributed by atoms with van der Waals surface area (Å²) in [5.74, 6) is 2.28. The molecule has 2 atom stereocenters. The second-order valence-electron chi connectivity index (χ2n) is 5.15. The molecule has 0 radical (unpaired) electrons. The summed E-state index contributed by atoms with van der Waals surface area (Å²) in [6, 6.07) is 0. The number of ether oxygens (including phenoxy) is 2. The zero-order valence-electron chi connectivity index (χ0n) is 12.5. The van der Waals surface area contributed by atoms with Crippen molar-refractivity contribution in [3.63, 3.8) is 0 Å². The molecule has 1 aliphatic rings. The first-order valence-corrected chi connectivity index (χ1v) is 7.53. The predicted molar refractivity (Wildman–Crippen MR) is 79.5 cm³/mol. The third-order valence-electron chi connectivity index (χ3n) is 3.56. The highest BCUT2D eigenvalue weighted by atomic mass is 16.5. The van der Waals surface area contributed by atoms with Crippen molar-refractivity contribution < 1.29 is 9.47 Å². The Labute approximate surface area is 128 Å². The average molecular weight is 304 g/mol. The minimum absolute atomic E-state index is 0.0633. The van der Waals surface area contributed by atoms with Gasteiger partial charge in [0.1, 0.15) is 12.4 Å². The molecule has 1 aliphatic heterocycles. The summed E-state index contributed by atoms with van der Waals surface area (Å²) >= 11 is 0. The molecule has 1 fully saturated rings. The van der Waals surface area contributed by atoms with Crippen LogP contribution >= 0.6 is 0 Å². The molecule has 118 valence electrons. The molecule has 0 aliphatic carbocycles. The summed E-state index contributed by atoms with van der Waals surface area (Å²) in [7, 11) is 0. The lowest BCUT2D eigenvalue weighted by Crippen LogP contribution is -2.20. The number of anilines is 1. The van der Waals surface area contributed by atoms with Gasteiger partial charge in [-0.15, -0.1) is 0 Å². The van der Waals surface area contributed by atoms with Crippen molar-refractivity contribution >= 4 is 5.82 Å². The molecule has 1 saturated heterocycles. The zero-order chi connectivity index (χ0) is 15.2. The van der Waals surface area contributed by atoms with Gasteiger partial charge in [0.05, 0.1) is 6.61 Å². The van der Waals surface area contributed by atoms with E-state index < -0.39 is 0 Å². The summed E-state index contributed by atoms with van der Waals surface area (Å²) in [5.41, 5.74) is 0. The first-order valence-electron chi connectivity index (χ1n) is 7.53. The van der Waals surface area contributed by atoms with E-state index in [0.29, 0.717) is 30.8 Å². The highest BCUT2D eigenvalue weighted by molar-refractivity contribution is 5.44. The molecule has 0 aromatic carbocycles. The lowest BCUT2D eigenvalue weighted by molar-refractivity contribution is 0.0864. The van der Waals surface area contributed by atoms with Crippen LogP contribution in [0.5, 0.6) is 5.88 Å². The maximum atomic E-state index is 5.75. The van der Waals surface area contributed by atoms with Crippen LogP contribution in [0.15, 0.2) is 18.7 Å². The van der Waals surface area contributed by atoms with Gasteiger partial charge in [0.2, 0.25) is 0 Å². The molecule has 2 N–H and O–H groups in total. The molecule has 0 saturated carbocycles. The van der Waals surface area contributed by atoms with Crippen molar-refractivity contribution in [2.45, 2.75) is 25.9 Å². The highest BCUT2D eigenvalue weighted by Crippen LogP contribution is 2.32. The number of nitrogens with one attached hydrogen (secondary N) is 2. The van der Waals surface area contributed by atoms with E-state index in [1.54, 1.807) is 12.4 Å². The van der Waals surface area contributed by atoms with Gasteiger partial charge in [-0.25, -0.2) is 15.0 Å². The standard InChI is InChI=1S/C14H20N6O2/c1-2-6-22-14-13(15-4-5-16-14)17-8-10-3-7-21-11(10)12-18-9-19-20-12/h4-5,9-11H,2-3,6-8H2,1H3,(H,15,17)(H,18,19,20)/t10-,11-/m0/s1. The van der Waals surface area contributed by atoms with Crippen molar-refractivity contribution in [2.24, 2.45) is 5.92 Å². The van der Waals surface area contributed by atoms with Crippen molar-refractivity contribution in [2.75, 3.05) is 25.1 Å². The molecule has 0 spiro atoms. The van der Waals surface area contributed by atoms with Crippen LogP contribution in [0, 0.1) is 5.92 Å². The van der Waals surface area contributed by atoms with Gasteiger partial charge in [-0.2, -0.15) is 5.10 Å². The minimum Gasteiger partial charge on any atom is -0.475 e. The quantitative estimate of drug-likeness (QED) is 0.801. The Bertz CT molecular complexity index is 576. The summed E-state index contributed by atoms with van der Waals surface area (Å²) in [6.45, 7) is 4.12. The van der Waals surface area contributed by atoms with Crippen LogP contribution in [0.3, 0.4) is 0 Å². The molecular weight excluding hydrogens is 284 g/mol. The number of aromatic nitrogens is 5. The third kappa shape index (κ3) is 3.33. The molecule has 0 bridgehead atoms. The normalized spacial score (nSPS) is 21.0. The smallest absolute Gasteiger partial charge is 0.257 e. The molecule has 0 amide bonds. The van der Waals surface area contributed by atoms with E-state index in [2.05, 4.69) is 37.4 Å². The van der Waals surface area contributed by atoms with Gasteiger partial charge < -0.3 is 14.8 Å². The number of H-pyrrole nitrogens is 1. The summed E-state index contributed by atoms with van der Waals surface area (Å²) < 4.78 is 11.4. The Morgan fingerprint density at radius 1 is 1.36 bits per heavy atom. The van der Waals surface area contributed by atoms with Gasteiger partial charge >= 0.3 is 0 Å².